The van der Waals surface area contributed by atoms with Crippen molar-refractivity contribution < 1.29 is 54.8 Å². The van der Waals surface area contributed by atoms with E-state index < -0.39 is 42.2 Å². The van der Waals surface area contributed by atoms with Crippen LogP contribution in [0.3, 0.4) is 0 Å². The lowest BCUT2D eigenvalue weighted by Gasteiger charge is -2.25. The zero-order valence-corrected chi connectivity index (χ0v) is 45.5. The first-order valence-electron chi connectivity index (χ1n) is 24.4. The number of nitrogens with zero attached hydrogens (tertiary/aromatic N) is 2. The Kier molecular flexibility index (Phi) is 21.9. The minimum atomic E-state index is -4.95. The molecule has 0 spiro atoms. The van der Waals surface area contributed by atoms with E-state index in [-0.39, 0.29) is 24.7 Å². The van der Waals surface area contributed by atoms with Crippen molar-refractivity contribution in [2.45, 2.75) is 75.0 Å². The molecule has 0 bridgehead atoms. The first kappa shape index (κ1) is 60.4. The summed E-state index contributed by atoms with van der Waals surface area (Å²) >= 11 is 24.4. The number of hydrogen-bond donors (Lipinski definition) is 0. The van der Waals surface area contributed by atoms with Crippen LogP contribution in [0.25, 0.3) is 0 Å². The van der Waals surface area contributed by atoms with Crippen LogP contribution in [0.5, 0.6) is 11.5 Å². The number of carbonyl (C=O) groups excluding carboxylic acids is 1. The molecule has 0 aromatic heterocycles. The molecule has 0 aliphatic carbocycles. The third kappa shape index (κ3) is 17.8. The number of alkyl halides is 6. The van der Waals surface area contributed by atoms with Crippen molar-refractivity contribution in [3.8, 4) is 11.5 Å². The highest BCUT2D eigenvalue weighted by Crippen LogP contribution is 2.51. The Morgan fingerprint density at radius 1 is 0.579 bits per heavy atom. The van der Waals surface area contributed by atoms with Crippen molar-refractivity contribution >= 4 is 52.2 Å². The fourth-order valence-electron chi connectivity index (χ4n) is 8.51. The molecule has 0 saturated carbocycles. The molecule has 18 heteroatoms. The number of hydrogen-bond acceptors (Lipinski definition) is 8. The Labute approximate surface area is 460 Å². The Bertz CT molecular complexity index is 2630. The van der Waals surface area contributed by atoms with E-state index in [4.69, 9.17) is 65.4 Å². The van der Waals surface area contributed by atoms with Gasteiger partial charge in [-0.05, 0) is 134 Å². The largest absolute Gasteiger partial charge is 0.492 e. The fourth-order valence-corrected chi connectivity index (χ4v) is 9.02. The van der Waals surface area contributed by atoms with E-state index in [2.05, 4.69) is 14.5 Å². The predicted molar refractivity (Wildman–Crippen MR) is 288 cm³/mol. The summed E-state index contributed by atoms with van der Waals surface area (Å²) in [6, 6.07) is 44.9. The van der Waals surface area contributed by atoms with Crippen LogP contribution in [0, 0.1) is 0 Å². The number of methoxy groups -OCH3 is 1. The van der Waals surface area contributed by atoms with Crippen LogP contribution in [-0.2, 0) is 31.8 Å². The normalized spacial score (nSPS) is 16.0. The summed E-state index contributed by atoms with van der Waals surface area (Å²) in [4.78, 5) is 16.1. The molecule has 7 rings (SSSR count). The van der Waals surface area contributed by atoms with Gasteiger partial charge in [-0.15, -0.1) is 0 Å². The van der Waals surface area contributed by atoms with Crippen molar-refractivity contribution in [2.75, 3.05) is 60.6 Å². The van der Waals surface area contributed by atoms with Gasteiger partial charge >= 0.3 is 12.4 Å². The molecule has 6 aromatic rings. The summed E-state index contributed by atoms with van der Waals surface area (Å²) in [7, 11) is 5.05. The maximum Gasteiger partial charge on any atom is 0.452 e. The molecule has 1 aliphatic heterocycles. The SMILES string of the molecule is CC(C)OC(Cc1ccc(OCCN(C)CC(c2ccc(Cl)cc2)c2ccc(Cl)cc2)cc1)C(=O)C(F)(F)F.COC1(C(F)(F)F)OC1Cc1ccc(OCCN(C)CC(c2ccc(Cl)cc2)c2ccc(Cl)cc2)cc1. The highest BCUT2D eigenvalue weighted by Gasteiger charge is 2.74. The van der Waals surface area contributed by atoms with E-state index in [0.717, 1.165) is 42.5 Å². The molecule has 8 nitrogen and oxygen atoms in total. The number of epoxide rings is 1. The number of ether oxygens (including phenoxy) is 5. The Morgan fingerprint density at radius 2 is 0.934 bits per heavy atom. The summed E-state index contributed by atoms with van der Waals surface area (Å²) in [6.45, 7) is 6.87. The average Bonchev–Trinajstić information content (AvgIpc) is 4.11. The van der Waals surface area contributed by atoms with Crippen LogP contribution >= 0.6 is 46.4 Å². The molecular weight excluding hydrogens is 1080 g/mol. The smallest absolute Gasteiger partial charge is 0.452 e. The molecule has 1 aliphatic rings. The molecule has 6 aromatic carbocycles. The molecule has 1 fully saturated rings. The maximum atomic E-state index is 13.1. The molecule has 76 heavy (non-hydrogen) atoms. The number of likely N-dealkylation sites (N-methyl/N-ethyl adjacent to an activating group) is 2. The van der Waals surface area contributed by atoms with Gasteiger partial charge in [-0.2, -0.15) is 26.3 Å². The summed E-state index contributed by atoms with van der Waals surface area (Å²) in [5, 5.41) is 2.73. The number of benzene rings is 6. The van der Waals surface area contributed by atoms with Gasteiger partial charge < -0.3 is 33.5 Å². The molecule has 3 unspecified atom stereocenters. The summed E-state index contributed by atoms with van der Waals surface area (Å²) < 4.78 is 105. The second-order valence-corrected chi connectivity index (χ2v) is 20.5. The number of Topliss-reactive ketones (excluding diaryl/α,β-unsaturated/α-hetero) is 1. The monoisotopic (exact) mass is 1130 g/mol. The van der Waals surface area contributed by atoms with E-state index in [9.17, 15) is 31.1 Å². The van der Waals surface area contributed by atoms with Crippen molar-refractivity contribution in [1.29, 1.82) is 0 Å². The van der Waals surface area contributed by atoms with Crippen LogP contribution in [0.15, 0.2) is 146 Å². The highest BCUT2D eigenvalue weighted by atomic mass is 35.5. The Hall–Kier alpha value is -4.87. The molecule has 1 heterocycles. The molecule has 0 N–H and O–H groups in total. The third-order valence-electron chi connectivity index (χ3n) is 12.6. The lowest BCUT2D eigenvalue weighted by molar-refractivity contribution is -0.263. The summed E-state index contributed by atoms with van der Waals surface area (Å²) in [5.74, 6) is -2.92. The number of ketones is 1. The summed E-state index contributed by atoms with van der Waals surface area (Å²) in [5.41, 5.74) is 5.83. The summed E-state index contributed by atoms with van der Waals surface area (Å²) in [6.07, 6.45) is -12.7. The standard InChI is InChI=1S/C30H32Cl2F3NO3.C28H28Cl2F3NO3/c1-20(2)39-28(29(37)30(33,34)35)18-21-4-14-26(15-5-21)38-17-16-36(3)19-27(22-6-10-24(31)11-7-22)23-8-12-25(32)13-9-23;1-34(18-25(20-5-9-22(29)10-6-20)21-7-11-23(30)12-8-21)15-16-36-24-13-3-19(4-14-24)17-26-27(35-2,37-26)28(31,32)33/h4-15,20,27-28H,16-19H2,1-3H3;3-14,25-26H,15-18H2,1-2H3. The molecule has 3 atom stereocenters. The van der Waals surface area contributed by atoms with Crippen LogP contribution in [0.2, 0.25) is 20.1 Å². The molecule has 1 saturated heterocycles. The van der Waals surface area contributed by atoms with Crippen molar-refractivity contribution in [3.63, 3.8) is 0 Å². The van der Waals surface area contributed by atoms with E-state index >= 15 is 0 Å². The van der Waals surface area contributed by atoms with Crippen molar-refractivity contribution in [1.82, 2.24) is 9.80 Å². The van der Waals surface area contributed by atoms with Gasteiger partial charge in [-0.3, -0.25) is 4.79 Å². The topological polar surface area (TPSA) is 73.0 Å². The zero-order valence-electron chi connectivity index (χ0n) is 42.5. The maximum absolute atomic E-state index is 13.1. The highest BCUT2D eigenvalue weighted by molar-refractivity contribution is 6.31. The molecule has 0 radical (unpaired) electrons. The first-order chi connectivity index (χ1) is 36.0. The molecular formula is C58H60Cl4F6N2O6. The van der Waals surface area contributed by atoms with Gasteiger partial charge in [0.2, 0.25) is 0 Å². The Balaban J connectivity index is 0.000000247. The van der Waals surface area contributed by atoms with Crippen molar-refractivity contribution in [3.05, 3.63) is 199 Å². The van der Waals surface area contributed by atoms with E-state index in [1.165, 1.54) is 0 Å². The van der Waals surface area contributed by atoms with E-state index in [1.54, 1.807) is 62.4 Å². The van der Waals surface area contributed by atoms with Gasteiger partial charge in [0.15, 0.2) is 0 Å². The van der Waals surface area contributed by atoms with E-state index in [0.29, 0.717) is 69.0 Å². The predicted octanol–water partition coefficient (Wildman–Crippen LogP) is 14.6. The minimum absolute atomic E-state index is 0.101. The van der Waals surface area contributed by atoms with Gasteiger partial charge in [0.1, 0.15) is 36.9 Å². The van der Waals surface area contributed by atoms with Crippen LogP contribution in [-0.4, -0.2) is 113 Å². The zero-order chi connectivity index (χ0) is 55.2. The van der Waals surface area contributed by atoms with Crippen LogP contribution < -0.4 is 9.47 Å². The number of carbonyl (C=O) groups is 1. The fraction of sp³-hybridized carbons (Fsp3) is 0.362. The third-order valence-corrected chi connectivity index (χ3v) is 13.6. The van der Waals surface area contributed by atoms with Crippen LogP contribution in [0.1, 0.15) is 59.1 Å². The first-order valence-corrected chi connectivity index (χ1v) is 25.9. The van der Waals surface area contributed by atoms with Gasteiger partial charge in [-0.25, -0.2) is 0 Å². The Morgan fingerprint density at radius 3 is 1.24 bits per heavy atom. The minimum Gasteiger partial charge on any atom is -0.492 e. The van der Waals surface area contributed by atoms with Crippen LogP contribution in [0.4, 0.5) is 26.3 Å². The van der Waals surface area contributed by atoms with Gasteiger partial charge in [-0.1, -0.05) is 119 Å². The number of rotatable bonds is 24. The number of halogens is 10. The molecule has 0 amide bonds. The lowest BCUT2D eigenvalue weighted by atomic mass is 9.91. The van der Waals surface area contributed by atoms with Gasteiger partial charge in [0, 0.05) is 78.1 Å². The second-order valence-electron chi connectivity index (χ2n) is 18.7. The van der Waals surface area contributed by atoms with Gasteiger partial charge in [0.25, 0.3) is 11.6 Å². The van der Waals surface area contributed by atoms with Gasteiger partial charge in [0.05, 0.1) is 6.10 Å². The van der Waals surface area contributed by atoms with Crippen molar-refractivity contribution in [2.24, 2.45) is 0 Å². The van der Waals surface area contributed by atoms with E-state index in [1.807, 2.05) is 111 Å². The quantitative estimate of drug-likeness (QED) is 0.0438. The average molecular weight is 1140 g/mol. The second kappa shape index (κ2) is 27.6. The molecule has 408 valence electrons. The lowest BCUT2D eigenvalue weighted by Crippen LogP contribution is -2.39.